The lowest BCUT2D eigenvalue weighted by Gasteiger charge is -2.26. The molecule has 0 aliphatic carbocycles. The Morgan fingerprint density at radius 3 is 0.971 bits per heavy atom. The van der Waals surface area contributed by atoms with E-state index >= 15 is 0 Å². The molecule has 0 saturated carbocycles. The molecule has 1 aromatic heterocycles. The SMILES string of the molecule is CO[Si](C)(CCn1c(=O)n(CC[Si](OC)(OC)OC)c(=O)n(CC[Si](OC)(OC)OC)c1=O)OC. The van der Waals surface area contributed by atoms with Crippen molar-refractivity contribution in [1.29, 1.82) is 0 Å². The first kappa shape index (κ1) is 31.8. The van der Waals surface area contributed by atoms with E-state index in [0.29, 0.717) is 6.04 Å². The molecule has 0 bridgehead atoms. The zero-order valence-corrected chi connectivity index (χ0v) is 25.1. The molecule has 0 aliphatic rings. The number of nitrogens with zero attached hydrogens (tertiary/aromatic N) is 3. The zero-order valence-electron chi connectivity index (χ0n) is 22.1. The molecule has 14 nitrogen and oxygen atoms in total. The molecule has 0 unspecified atom stereocenters. The first-order valence-corrected chi connectivity index (χ1v) is 17.2. The Hall–Kier alpha value is -1.26. The highest BCUT2D eigenvalue weighted by Gasteiger charge is 2.39. The molecule has 1 rings (SSSR count). The van der Waals surface area contributed by atoms with Crippen LogP contribution in [0, 0.1) is 0 Å². The van der Waals surface area contributed by atoms with Crippen LogP contribution in [-0.2, 0) is 55.0 Å². The Balaban J connectivity index is 3.58. The maximum absolute atomic E-state index is 13.3. The maximum Gasteiger partial charge on any atom is 0.501 e. The van der Waals surface area contributed by atoms with Crippen LogP contribution in [0.2, 0.25) is 24.7 Å². The van der Waals surface area contributed by atoms with E-state index in [1.807, 2.05) is 6.55 Å². The van der Waals surface area contributed by atoms with Gasteiger partial charge in [0.2, 0.25) is 0 Å². The van der Waals surface area contributed by atoms with Gasteiger partial charge >= 0.3 is 43.2 Å². The van der Waals surface area contributed by atoms with Crippen molar-refractivity contribution in [3.05, 3.63) is 31.5 Å². The van der Waals surface area contributed by atoms with E-state index in [2.05, 4.69) is 0 Å². The standard InChI is InChI=1S/C18H39N3O11Si3/c1-25-33(9,26-2)13-10-19-16(22)20(11-14-34(27-3,28-4)29-5)18(24)21(17(19)23)12-15-35(30-6,31-7)32-8/h10-15H2,1-9H3. The third-order valence-corrected chi connectivity index (χ3v) is 14.5. The number of rotatable bonds is 17. The van der Waals surface area contributed by atoms with Crippen molar-refractivity contribution >= 4 is 26.2 Å². The molecule has 0 aromatic carbocycles. The largest absolute Gasteiger partial charge is 0.501 e. The summed E-state index contributed by atoms with van der Waals surface area (Å²) in [6.45, 7) is 1.66. The summed E-state index contributed by atoms with van der Waals surface area (Å²) in [5.41, 5.74) is -2.27. The molecule has 1 heterocycles. The van der Waals surface area contributed by atoms with Gasteiger partial charge in [0.1, 0.15) is 0 Å². The lowest BCUT2D eigenvalue weighted by atomic mass is 10.6. The smallest absolute Gasteiger partial charge is 0.398 e. The fraction of sp³-hybridized carbons (Fsp3) is 0.833. The molecular weight excluding hydrogens is 518 g/mol. The second kappa shape index (κ2) is 13.9. The van der Waals surface area contributed by atoms with E-state index in [4.69, 9.17) is 35.4 Å². The second-order valence-electron chi connectivity index (χ2n) is 7.69. The molecule has 0 spiro atoms. The van der Waals surface area contributed by atoms with Crippen molar-refractivity contribution in [1.82, 2.24) is 13.7 Å². The van der Waals surface area contributed by atoms with Crippen LogP contribution in [-0.4, -0.2) is 96.7 Å². The topological polar surface area (TPSA) is 140 Å². The van der Waals surface area contributed by atoms with Crippen molar-refractivity contribution in [2.24, 2.45) is 0 Å². The quantitative estimate of drug-likeness (QED) is 0.224. The summed E-state index contributed by atoms with van der Waals surface area (Å²) in [7, 11) is 2.85. The predicted octanol–water partition coefficient (Wildman–Crippen LogP) is -0.707. The summed E-state index contributed by atoms with van der Waals surface area (Å²) < 4.78 is 46.4. The van der Waals surface area contributed by atoms with Gasteiger partial charge in [-0.1, -0.05) is 0 Å². The van der Waals surface area contributed by atoms with E-state index in [0.717, 1.165) is 13.7 Å². The molecule has 0 aliphatic heterocycles. The lowest BCUT2D eigenvalue weighted by molar-refractivity contribution is 0.121. The average Bonchev–Trinajstić information content (AvgIpc) is 2.88. The summed E-state index contributed by atoms with van der Waals surface area (Å²) >= 11 is 0. The Morgan fingerprint density at radius 2 is 0.743 bits per heavy atom. The molecule has 0 amide bonds. The molecular formula is C18H39N3O11Si3. The van der Waals surface area contributed by atoms with E-state index in [1.54, 1.807) is 0 Å². The highest BCUT2D eigenvalue weighted by atomic mass is 28.4. The van der Waals surface area contributed by atoms with Gasteiger partial charge < -0.3 is 35.4 Å². The van der Waals surface area contributed by atoms with Crippen molar-refractivity contribution < 1.29 is 35.4 Å². The van der Waals surface area contributed by atoms with Crippen LogP contribution in [0.3, 0.4) is 0 Å². The summed E-state index contributed by atoms with van der Waals surface area (Å²) in [5.74, 6) is 0. The minimum Gasteiger partial charge on any atom is -0.398 e. The van der Waals surface area contributed by atoms with E-state index in [9.17, 15) is 14.4 Å². The van der Waals surface area contributed by atoms with Crippen LogP contribution in [0.1, 0.15) is 0 Å². The van der Waals surface area contributed by atoms with E-state index in [-0.39, 0.29) is 31.7 Å². The summed E-state index contributed by atoms with van der Waals surface area (Å²) in [6, 6.07) is 0.589. The van der Waals surface area contributed by atoms with Gasteiger partial charge in [-0.25, -0.2) is 28.1 Å². The van der Waals surface area contributed by atoms with Crippen LogP contribution >= 0.6 is 0 Å². The fourth-order valence-corrected chi connectivity index (χ4v) is 7.89. The van der Waals surface area contributed by atoms with Crippen LogP contribution in [0.4, 0.5) is 0 Å². The van der Waals surface area contributed by atoms with Crippen LogP contribution in [0.25, 0.3) is 0 Å². The molecule has 0 saturated heterocycles. The second-order valence-corrected chi connectivity index (χ2v) is 17.5. The van der Waals surface area contributed by atoms with Crippen molar-refractivity contribution in [2.75, 3.05) is 56.9 Å². The Morgan fingerprint density at radius 1 is 0.486 bits per heavy atom. The molecule has 204 valence electrons. The summed E-state index contributed by atoms with van der Waals surface area (Å²) in [4.78, 5) is 39.9. The molecule has 0 N–H and O–H groups in total. The Kier molecular flexibility index (Phi) is 12.6. The molecule has 0 fully saturated rings. The normalized spacial score (nSPS) is 12.9. The molecule has 0 radical (unpaired) electrons. The highest BCUT2D eigenvalue weighted by Crippen LogP contribution is 2.15. The molecule has 1 aromatic rings. The van der Waals surface area contributed by atoms with Gasteiger partial charge in [0, 0.05) is 94.6 Å². The van der Waals surface area contributed by atoms with Gasteiger partial charge in [-0.2, -0.15) is 0 Å². The number of hydrogen-bond donors (Lipinski definition) is 0. The van der Waals surface area contributed by atoms with Crippen LogP contribution in [0.15, 0.2) is 14.4 Å². The van der Waals surface area contributed by atoms with E-state index < -0.39 is 43.2 Å². The summed E-state index contributed by atoms with van der Waals surface area (Å²) in [6.07, 6.45) is 0. The van der Waals surface area contributed by atoms with Gasteiger partial charge in [-0.3, -0.25) is 0 Å². The van der Waals surface area contributed by atoms with E-state index in [1.165, 1.54) is 56.9 Å². The predicted molar refractivity (Wildman–Crippen MR) is 133 cm³/mol. The molecule has 17 heteroatoms. The van der Waals surface area contributed by atoms with Crippen LogP contribution < -0.4 is 17.1 Å². The third-order valence-electron chi connectivity index (χ3n) is 6.19. The average molecular weight is 558 g/mol. The lowest BCUT2D eigenvalue weighted by Crippen LogP contribution is -2.57. The zero-order chi connectivity index (χ0) is 26.9. The monoisotopic (exact) mass is 557 g/mol. The van der Waals surface area contributed by atoms with Crippen molar-refractivity contribution in [3.8, 4) is 0 Å². The fourth-order valence-electron chi connectivity index (χ4n) is 3.47. The van der Waals surface area contributed by atoms with Crippen molar-refractivity contribution in [2.45, 2.75) is 44.3 Å². The highest BCUT2D eigenvalue weighted by molar-refractivity contribution is 6.65. The van der Waals surface area contributed by atoms with Gasteiger partial charge in [-0.15, -0.1) is 0 Å². The number of aromatic nitrogens is 3. The van der Waals surface area contributed by atoms with Crippen LogP contribution in [0.5, 0.6) is 0 Å². The first-order valence-electron chi connectivity index (χ1n) is 10.9. The Bertz CT molecular complexity index is 890. The summed E-state index contributed by atoms with van der Waals surface area (Å²) in [5, 5.41) is 0. The van der Waals surface area contributed by atoms with Gasteiger partial charge in [0.15, 0.2) is 0 Å². The first-order chi connectivity index (χ1) is 16.5. The van der Waals surface area contributed by atoms with Gasteiger partial charge in [-0.05, 0) is 6.55 Å². The third kappa shape index (κ3) is 7.38. The molecule has 0 atom stereocenters. The number of hydrogen-bond acceptors (Lipinski definition) is 11. The molecule has 35 heavy (non-hydrogen) atoms. The van der Waals surface area contributed by atoms with Crippen molar-refractivity contribution in [3.63, 3.8) is 0 Å². The van der Waals surface area contributed by atoms with Gasteiger partial charge in [0.25, 0.3) is 0 Å². The Labute approximate surface area is 208 Å². The minimum absolute atomic E-state index is 0.00512. The minimum atomic E-state index is -3.10. The maximum atomic E-state index is 13.3. The van der Waals surface area contributed by atoms with Gasteiger partial charge in [0.05, 0.1) is 0 Å².